The third kappa shape index (κ3) is 1.74. The molecule has 1 saturated carbocycles. The SMILES string of the molecule is CC1CCC2CC(=S)N(C)C2CC1. The van der Waals surface area contributed by atoms with Crippen molar-refractivity contribution in [3.8, 4) is 0 Å². The lowest BCUT2D eigenvalue weighted by molar-refractivity contribution is 0.300. The third-order valence-corrected chi connectivity index (χ3v) is 4.31. The van der Waals surface area contributed by atoms with Gasteiger partial charge >= 0.3 is 0 Å². The van der Waals surface area contributed by atoms with Crippen molar-refractivity contribution in [2.45, 2.75) is 45.1 Å². The second-order valence-corrected chi connectivity index (χ2v) is 5.27. The van der Waals surface area contributed by atoms with E-state index in [1.54, 1.807) is 0 Å². The fourth-order valence-corrected chi connectivity index (χ4v) is 3.18. The van der Waals surface area contributed by atoms with Crippen molar-refractivity contribution in [3.05, 3.63) is 0 Å². The van der Waals surface area contributed by atoms with Gasteiger partial charge in [-0.15, -0.1) is 0 Å². The molecule has 2 fully saturated rings. The highest BCUT2D eigenvalue weighted by Crippen LogP contribution is 2.37. The zero-order valence-electron chi connectivity index (χ0n) is 8.62. The molecule has 74 valence electrons. The van der Waals surface area contributed by atoms with Gasteiger partial charge in [-0.25, -0.2) is 0 Å². The molecule has 13 heavy (non-hydrogen) atoms. The van der Waals surface area contributed by atoms with Crippen molar-refractivity contribution < 1.29 is 0 Å². The van der Waals surface area contributed by atoms with Gasteiger partial charge in [0.05, 0.1) is 4.99 Å². The molecule has 0 aromatic heterocycles. The van der Waals surface area contributed by atoms with Crippen molar-refractivity contribution in [1.29, 1.82) is 0 Å². The summed E-state index contributed by atoms with van der Waals surface area (Å²) in [6.07, 6.45) is 6.76. The Morgan fingerprint density at radius 3 is 2.69 bits per heavy atom. The quantitative estimate of drug-likeness (QED) is 0.549. The van der Waals surface area contributed by atoms with Gasteiger partial charge in [-0.2, -0.15) is 0 Å². The van der Waals surface area contributed by atoms with Crippen LogP contribution < -0.4 is 0 Å². The number of nitrogens with zero attached hydrogens (tertiary/aromatic N) is 1. The largest absolute Gasteiger partial charge is 0.366 e. The Labute approximate surface area is 86.5 Å². The molecule has 1 heterocycles. The molecule has 2 aliphatic rings. The van der Waals surface area contributed by atoms with Crippen LogP contribution in [0.15, 0.2) is 0 Å². The van der Waals surface area contributed by atoms with Crippen LogP contribution in [0.3, 0.4) is 0 Å². The van der Waals surface area contributed by atoms with Crippen molar-refractivity contribution in [1.82, 2.24) is 4.90 Å². The van der Waals surface area contributed by atoms with E-state index in [0.29, 0.717) is 0 Å². The summed E-state index contributed by atoms with van der Waals surface area (Å²) in [5.74, 6) is 1.81. The minimum atomic E-state index is 0.775. The first-order valence-corrected chi connectivity index (χ1v) is 5.85. The molecule has 0 radical (unpaired) electrons. The van der Waals surface area contributed by atoms with Crippen LogP contribution in [0.25, 0.3) is 0 Å². The summed E-state index contributed by atoms with van der Waals surface area (Å²) < 4.78 is 0. The van der Waals surface area contributed by atoms with Gasteiger partial charge in [0, 0.05) is 19.5 Å². The molecule has 2 rings (SSSR count). The molecule has 0 N–H and O–H groups in total. The van der Waals surface area contributed by atoms with Crippen molar-refractivity contribution in [2.75, 3.05) is 7.05 Å². The molecule has 3 unspecified atom stereocenters. The first-order valence-electron chi connectivity index (χ1n) is 5.44. The number of likely N-dealkylation sites (tertiary alicyclic amines) is 1. The Bertz CT molecular complexity index is 214. The van der Waals surface area contributed by atoms with E-state index in [0.717, 1.165) is 17.9 Å². The zero-order chi connectivity index (χ0) is 9.42. The highest BCUT2D eigenvalue weighted by molar-refractivity contribution is 7.80. The topological polar surface area (TPSA) is 3.24 Å². The van der Waals surface area contributed by atoms with E-state index in [1.165, 1.54) is 37.1 Å². The fourth-order valence-electron chi connectivity index (χ4n) is 2.83. The highest BCUT2D eigenvalue weighted by Gasteiger charge is 2.36. The van der Waals surface area contributed by atoms with Gasteiger partial charge in [0.1, 0.15) is 0 Å². The lowest BCUT2D eigenvalue weighted by atomic mass is 9.95. The van der Waals surface area contributed by atoms with E-state index < -0.39 is 0 Å². The molecule has 0 amide bonds. The average molecular weight is 197 g/mol. The predicted molar refractivity (Wildman–Crippen MR) is 59.9 cm³/mol. The Kier molecular flexibility index (Phi) is 2.59. The van der Waals surface area contributed by atoms with E-state index in [2.05, 4.69) is 18.9 Å². The van der Waals surface area contributed by atoms with Crippen LogP contribution in [0.2, 0.25) is 0 Å². The molecule has 3 atom stereocenters. The van der Waals surface area contributed by atoms with Gasteiger partial charge in [-0.3, -0.25) is 0 Å². The summed E-state index contributed by atoms with van der Waals surface area (Å²) in [5, 5.41) is 0. The number of thiocarbonyl (C=S) groups is 1. The summed E-state index contributed by atoms with van der Waals surface area (Å²) in [5.41, 5.74) is 0. The highest BCUT2D eigenvalue weighted by atomic mass is 32.1. The fraction of sp³-hybridized carbons (Fsp3) is 0.909. The first kappa shape index (κ1) is 9.45. The second-order valence-electron chi connectivity index (χ2n) is 4.80. The molecule has 1 aliphatic heterocycles. The Morgan fingerprint density at radius 2 is 1.92 bits per heavy atom. The summed E-state index contributed by atoms with van der Waals surface area (Å²) in [7, 11) is 2.18. The molecular weight excluding hydrogens is 178 g/mol. The summed E-state index contributed by atoms with van der Waals surface area (Å²) in [6, 6.07) is 0.775. The van der Waals surface area contributed by atoms with Gasteiger partial charge in [-0.05, 0) is 31.1 Å². The number of fused-ring (bicyclic) bond motifs is 1. The van der Waals surface area contributed by atoms with Crippen LogP contribution in [0.4, 0.5) is 0 Å². The minimum Gasteiger partial charge on any atom is -0.366 e. The third-order valence-electron chi connectivity index (χ3n) is 3.86. The molecule has 0 spiro atoms. The van der Waals surface area contributed by atoms with Crippen LogP contribution in [-0.4, -0.2) is 23.0 Å². The maximum atomic E-state index is 5.36. The smallest absolute Gasteiger partial charge is 0.0782 e. The second kappa shape index (κ2) is 3.56. The maximum Gasteiger partial charge on any atom is 0.0782 e. The standard InChI is InChI=1S/C11H19NS/c1-8-3-5-9-7-11(13)12(2)10(9)6-4-8/h8-10H,3-7H2,1-2H3. The molecule has 1 nitrogen and oxygen atoms in total. The number of hydrogen-bond donors (Lipinski definition) is 0. The molecule has 0 bridgehead atoms. The lowest BCUT2D eigenvalue weighted by Crippen LogP contribution is -2.30. The predicted octanol–water partition coefficient (Wildman–Crippen LogP) is 2.84. The zero-order valence-corrected chi connectivity index (χ0v) is 9.44. The molecule has 1 aliphatic carbocycles. The summed E-state index contributed by atoms with van der Waals surface area (Å²) in [6.45, 7) is 2.39. The van der Waals surface area contributed by atoms with Crippen LogP contribution in [0, 0.1) is 11.8 Å². The monoisotopic (exact) mass is 197 g/mol. The molecule has 1 saturated heterocycles. The average Bonchev–Trinajstić information content (AvgIpc) is 2.28. The van der Waals surface area contributed by atoms with Gasteiger partial charge < -0.3 is 4.90 Å². The lowest BCUT2D eigenvalue weighted by Gasteiger charge is -2.23. The van der Waals surface area contributed by atoms with Gasteiger partial charge in [0.25, 0.3) is 0 Å². The Hall–Kier alpha value is -0.110. The number of hydrogen-bond acceptors (Lipinski definition) is 1. The maximum absolute atomic E-state index is 5.36. The molecular formula is C11H19NS. The van der Waals surface area contributed by atoms with Crippen LogP contribution in [0.5, 0.6) is 0 Å². The Morgan fingerprint density at radius 1 is 1.23 bits per heavy atom. The van der Waals surface area contributed by atoms with E-state index in [-0.39, 0.29) is 0 Å². The van der Waals surface area contributed by atoms with Gasteiger partial charge in [0.15, 0.2) is 0 Å². The van der Waals surface area contributed by atoms with Crippen LogP contribution >= 0.6 is 12.2 Å². The van der Waals surface area contributed by atoms with E-state index in [4.69, 9.17) is 12.2 Å². The van der Waals surface area contributed by atoms with E-state index >= 15 is 0 Å². The van der Waals surface area contributed by atoms with Crippen molar-refractivity contribution >= 4 is 17.2 Å². The van der Waals surface area contributed by atoms with Gasteiger partial charge in [0.2, 0.25) is 0 Å². The minimum absolute atomic E-state index is 0.775. The van der Waals surface area contributed by atoms with E-state index in [1.807, 2.05) is 0 Å². The molecule has 0 aromatic rings. The molecule has 2 heteroatoms. The van der Waals surface area contributed by atoms with Crippen LogP contribution in [-0.2, 0) is 0 Å². The van der Waals surface area contributed by atoms with Crippen molar-refractivity contribution in [3.63, 3.8) is 0 Å². The van der Waals surface area contributed by atoms with E-state index in [9.17, 15) is 0 Å². The van der Waals surface area contributed by atoms with Gasteiger partial charge in [-0.1, -0.05) is 25.6 Å². The Balaban J connectivity index is 2.07. The first-order chi connectivity index (χ1) is 6.18. The normalized spacial score (nSPS) is 40.3. The number of rotatable bonds is 0. The summed E-state index contributed by atoms with van der Waals surface area (Å²) in [4.78, 5) is 3.56. The molecule has 0 aromatic carbocycles. The van der Waals surface area contributed by atoms with Crippen molar-refractivity contribution in [2.24, 2.45) is 11.8 Å². The van der Waals surface area contributed by atoms with Crippen LogP contribution in [0.1, 0.15) is 39.0 Å². The summed E-state index contributed by atoms with van der Waals surface area (Å²) >= 11 is 5.36.